The topological polar surface area (TPSA) is 22.1 Å². The first kappa shape index (κ1) is 19.5. The normalized spacial score (nSPS) is 12.1. The van der Waals surface area contributed by atoms with Crippen molar-refractivity contribution in [2.75, 3.05) is 0 Å². The van der Waals surface area contributed by atoms with Crippen LogP contribution in [0.2, 0.25) is 0 Å². The van der Waals surface area contributed by atoms with E-state index in [9.17, 15) is 0 Å². The summed E-state index contributed by atoms with van der Waals surface area (Å²) in [6.45, 7) is 6.62. The van der Waals surface area contributed by atoms with Crippen LogP contribution in [-0.4, -0.2) is 11.1 Å². The molecule has 1 atom stereocenters. The van der Waals surface area contributed by atoms with Gasteiger partial charge in [-0.3, -0.25) is 4.98 Å². The molecular weight excluding hydrogens is 306 g/mol. The van der Waals surface area contributed by atoms with Gasteiger partial charge in [0.15, 0.2) is 0 Å². The van der Waals surface area contributed by atoms with Crippen molar-refractivity contribution >= 4 is 0 Å². The van der Waals surface area contributed by atoms with Crippen molar-refractivity contribution in [2.24, 2.45) is 0 Å². The fourth-order valence-electron chi connectivity index (χ4n) is 2.98. The average molecular weight is 340 g/mol. The van der Waals surface area contributed by atoms with Crippen molar-refractivity contribution in [2.45, 2.75) is 78.2 Å². The molecular formula is C23H33NO. The SMILES string of the molecule is CCCCCC[C@@H](C)Oc1ccc(-c2ccc(CCCC)nc2)cc1. The first-order chi connectivity index (χ1) is 12.2. The Labute approximate surface area is 153 Å². The number of ether oxygens (including phenoxy) is 1. The summed E-state index contributed by atoms with van der Waals surface area (Å²) in [6, 6.07) is 12.7. The van der Waals surface area contributed by atoms with Crippen molar-refractivity contribution in [3.05, 3.63) is 48.3 Å². The van der Waals surface area contributed by atoms with E-state index in [2.05, 4.69) is 62.2 Å². The van der Waals surface area contributed by atoms with Gasteiger partial charge in [0.25, 0.3) is 0 Å². The van der Waals surface area contributed by atoms with Crippen LogP contribution in [0, 0.1) is 0 Å². The zero-order chi connectivity index (χ0) is 17.9. The summed E-state index contributed by atoms with van der Waals surface area (Å²) in [7, 11) is 0. The molecule has 0 radical (unpaired) electrons. The van der Waals surface area contributed by atoms with Gasteiger partial charge in [-0.25, -0.2) is 0 Å². The predicted molar refractivity (Wildman–Crippen MR) is 107 cm³/mol. The van der Waals surface area contributed by atoms with Crippen LogP contribution in [0.4, 0.5) is 0 Å². The van der Waals surface area contributed by atoms with E-state index in [1.807, 2.05) is 6.20 Å². The van der Waals surface area contributed by atoms with E-state index >= 15 is 0 Å². The summed E-state index contributed by atoms with van der Waals surface area (Å²) in [5, 5.41) is 0. The second kappa shape index (κ2) is 10.9. The summed E-state index contributed by atoms with van der Waals surface area (Å²) in [5.74, 6) is 0.958. The van der Waals surface area contributed by atoms with E-state index in [4.69, 9.17) is 4.74 Å². The van der Waals surface area contributed by atoms with Crippen molar-refractivity contribution in [1.82, 2.24) is 4.98 Å². The summed E-state index contributed by atoms with van der Waals surface area (Å²) in [6.07, 6.45) is 12.0. The van der Waals surface area contributed by atoms with E-state index in [1.165, 1.54) is 55.3 Å². The standard InChI is InChI=1S/C23H33NO/c1-4-6-8-9-10-19(3)25-23-16-13-20(14-17-23)21-12-15-22(24-18-21)11-7-5-2/h12-19H,4-11H2,1-3H3/t19-/m1/s1. The highest BCUT2D eigenvalue weighted by Gasteiger charge is 2.05. The second-order valence-corrected chi connectivity index (χ2v) is 6.94. The lowest BCUT2D eigenvalue weighted by Gasteiger charge is -2.15. The van der Waals surface area contributed by atoms with Crippen LogP contribution in [0.1, 0.15) is 71.4 Å². The third-order valence-corrected chi connectivity index (χ3v) is 4.60. The smallest absolute Gasteiger partial charge is 0.119 e. The monoisotopic (exact) mass is 339 g/mol. The number of benzene rings is 1. The highest BCUT2D eigenvalue weighted by molar-refractivity contribution is 5.63. The molecule has 0 spiro atoms. The fraction of sp³-hybridized carbons (Fsp3) is 0.522. The Bertz CT molecular complexity index is 588. The van der Waals surface area contributed by atoms with E-state index < -0.39 is 0 Å². The molecule has 25 heavy (non-hydrogen) atoms. The van der Waals surface area contributed by atoms with Gasteiger partial charge in [-0.15, -0.1) is 0 Å². The third kappa shape index (κ3) is 6.89. The quantitative estimate of drug-likeness (QED) is 0.419. The lowest BCUT2D eigenvalue weighted by molar-refractivity contribution is 0.206. The van der Waals surface area contributed by atoms with E-state index in [0.29, 0.717) is 0 Å². The number of rotatable bonds is 11. The third-order valence-electron chi connectivity index (χ3n) is 4.60. The molecule has 0 amide bonds. The van der Waals surface area contributed by atoms with Gasteiger partial charge in [-0.2, -0.15) is 0 Å². The zero-order valence-corrected chi connectivity index (χ0v) is 16.1. The van der Waals surface area contributed by atoms with E-state index in [-0.39, 0.29) is 6.10 Å². The average Bonchev–Trinajstić information content (AvgIpc) is 2.65. The molecule has 2 nitrogen and oxygen atoms in total. The van der Waals surface area contributed by atoms with Gasteiger partial charge in [0.05, 0.1) is 6.10 Å². The number of aryl methyl sites for hydroxylation is 1. The van der Waals surface area contributed by atoms with Crippen LogP contribution in [-0.2, 0) is 6.42 Å². The number of unbranched alkanes of at least 4 members (excludes halogenated alkanes) is 4. The molecule has 2 heteroatoms. The van der Waals surface area contributed by atoms with Crippen LogP contribution >= 0.6 is 0 Å². The van der Waals surface area contributed by atoms with Gasteiger partial charge < -0.3 is 4.74 Å². The Hall–Kier alpha value is -1.83. The van der Waals surface area contributed by atoms with Crippen molar-refractivity contribution in [3.63, 3.8) is 0 Å². The van der Waals surface area contributed by atoms with Crippen LogP contribution in [0.25, 0.3) is 11.1 Å². The molecule has 0 saturated heterocycles. The molecule has 136 valence electrons. The molecule has 1 aromatic heterocycles. The van der Waals surface area contributed by atoms with Gasteiger partial charge in [-0.05, 0) is 56.4 Å². The van der Waals surface area contributed by atoms with Crippen molar-refractivity contribution in [3.8, 4) is 16.9 Å². The van der Waals surface area contributed by atoms with Gasteiger partial charge in [0, 0.05) is 17.5 Å². The Kier molecular flexibility index (Phi) is 8.51. The molecule has 2 aromatic rings. The van der Waals surface area contributed by atoms with Crippen LogP contribution < -0.4 is 4.74 Å². The second-order valence-electron chi connectivity index (χ2n) is 6.94. The lowest BCUT2D eigenvalue weighted by atomic mass is 10.1. The number of hydrogen-bond donors (Lipinski definition) is 0. The molecule has 0 aliphatic carbocycles. The first-order valence-corrected chi connectivity index (χ1v) is 9.95. The summed E-state index contributed by atoms with van der Waals surface area (Å²) in [5.41, 5.74) is 3.54. The van der Waals surface area contributed by atoms with Crippen LogP contribution in [0.15, 0.2) is 42.6 Å². The first-order valence-electron chi connectivity index (χ1n) is 9.95. The lowest BCUT2D eigenvalue weighted by Crippen LogP contribution is -2.11. The Morgan fingerprint density at radius 2 is 1.56 bits per heavy atom. The molecule has 0 unspecified atom stereocenters. The van der Waals surface area contributed by atoms with Crippen LogP contribution in [0.3, 0.4) is 0 Å². The molecule has 1 heterocycles. The summed E-state index contributed by atoms with van der Waals surface area (Å²) >= 11 is 0. The number of nitrogens with zero attached hydrogens (tertiary/aromatic N) is 1. The fourth-order valence-corrected chi connectivity index (χ4v) is 2.98. The maximum Gasteiger partial charge on any atom is 0.119 e. The Morgan fingerprint density at radius 3 is 2.20 bits per heavy atom. The molecule has 0 saturated carbocycles. The molecule has 0 aliphatic heterocycles. The minimum absolute atomic E-state index is 0.280. The summed E-state index contributed by atoms with van der Waals surface area (Å²) in [4.78, 5) is 4.58. The Morgan fingerprint density at radius 1 is 0.840 bits per heavy atom. The largest absolute Gasteiger partial charge is 0.491 e. The molecule has 1 aromatic carbocycles. The Balaban J connectivity index is 1.86. The van der Waals surface area contributed by atoms with Crippen molar-refractivity contribution in [1.29, 1.82) is 0 Å². The van der Waals surface area contributed by atoms with Crippen LogP contribution in [0.5, 0.6) is 5.75 Å². The maximum atomic E-state index is 6.03. The highest BCUT2D eigenvalue weighted by atomic mass is 16.5. The molecule has 0 aliphatic rings. The van der Waals surface area contributed by atoms with Gasteiger partial charge in [0.2, 0.25) is 0 Å². The highest BCUT2D eigenvalue weighted by Crippen LogP contribution is 2.23. The van der Waals surface area contributed by atoms with Gasteiger partial charge in [0.1, 0.15) is 5.75 Å². The van der Waals surface area contributed by atoms with Gasteiger partial charge >= 0.3 is 0 Å². The molecule has 2 rings (SSSR count). The number of hydrogen-bond acceptors (Lipinski definition) is 2. The summed E-state index contributed by atoms with van der Waals surface area (Å²) < 4.78 is 6.03. The minimum atomic E-state index is 0.280. The zero-order valence-electron chi connectivity index (χ0n) is 16.1. The molecule has 0 bridgehead atoms. The number of aromatic nitrogens is 1. The molecule has 0 N–H and O–H groups in total. The van der Waals surface area contributed by atoms with E-state index in [0.717, 1.165) is 18.6 Å². The van der Waals surface area contributed by atoms with Crippen molar-refractivity contribution < 1.29 is 4.74 Å². The number of pyridine rings is 1. The predicted octanol–water partition coefficient (Wildman–Crippen LogP) is 6.83. The minimum Gasteiger partial charge on any atom is -0.491 e. The molecule has 0 fully saturated rings. The maximum absolute atomic E-state index is 6.03. The van der Waals surface area contributed by atoms with E-state index in [1.54, 1.807) is 0 Å². The van der Waals surface area contributed by atoms with Gasteiger partial charge in [-0.1, -0.05) is 57.7 Å².